The smallest absolute Gasteiger partial charge is 0.325 e. The number of nitrogens with one attached hydrogen (secondary N) is 2. The molecule has 8 nitrogen and oxygen atoms in total. The summed E-state index contributed by atoms with van der Waals surface area (Å²) in [6, 6.07) is 10.8. The van der Waals surface area contributed by atoms with E-state index in [0.29, 0.717) is 27.8 Å². The predicted octanol–water partition coefficient (Wildman–Crippen LogP) is 2.76. The van der Waals surface area contributed by atoms with E-state index < -0.39 is 29.9 Å². The summed E-state index contributed by atoms with van der Waals surface area (Å²) in [4.78, 5) is 38.6. The Morgan fingerprint density at radius 1 is 1.14 bits per heavy atom. The summed E-state index contributed by atoms with van der Waals surface area (Å²) >= 11 is 5.89. The van der Waals surface area contributed by atoms with Crippen LogP contribution in [0.3, 0.4) is 0 Å². The Kier molecular flexibility index (Phi) is 5.65. The lowest BCUT2D eigenvalue weighted by Gasteiger charge is -2.22. The Morgan fingerprint density at radius 3 is 2.45 bits per heavy atom. The molecule has 1 atom stereocenters. The molecule has 0 saturated carbocycles. The first-order valence-electron chi connectivity index (χ1n) is 8.70. The van der Waals surface area contributed by atoms with Gasteiger partial charge in [0, 0.05) is 11.1 Å². The molecule has 1 fully saturated rings. The number of carbonyl (C=O) groups is 3. The maximum Gasteiger partial charge on any atom is 0.325 e. The maximum atomic E-state index is 12.9. The number of methoxy groups -OCH3 is 2. The molecule has 2 N–H and O–H groups in total. The Balaban J connectivity index is 1.75. The number of hydrogen-bond acceptors (Lipinski definition) is 5. The summed E-state index contributed by atoms with van der Waals surface area (Å²) in [5.41, 5.74) is -0.314. The minimum atomic E-state index is -1.28. The number of ether oxygens (including phenoxy) is 2. The molecule has 1 saturated heterocycles. The predicted molar refractivity (Wildman–Crippen MR) is 107 cm³/mol. The third-order valence-electron chi connectivity index (χ3n) is 4.68. The number of carbonyl (C=O) groups excluding carboxylic acids is 3. The second-order valence-electron chi connectivity index (χ2n) is 6.57. The van der Waals surface area contributed by atoms with Crippen LogP contribution in [0.15, 0.2) is 42.5 Å². The molecule has 4 amide bonds. The largest absolute Gasteiger partial charge is 0.497 e. The summed E-state index contributed by atoms with van der Waals surface area (Å²) in [7, 11) is 2.97. The van der Waals surface area contributed by atoms with Crippen LogP contribution in [0.1, 0.15) is 12.5 Å². The molecular formula is C20H20ClN3O5. The van der Waals surface area contributed by atoms with Gasteiger partial charge in [0.25, 0.3) is 5.91 Å². The van der Waals surface area contributed by atoms with Crippen molar-refractivity contribution in [2.24, 2.45) is 0 Å². The molecule has 152 valence electrons. The zero-order chi connectivity index (χ0) is 21.2. The van der Waals surface area contributed by atoms with Crippen molar-refractivity contribution >= 4 is 35.1 Å². The molecule has 9 heteroatoms. The third-order valence-corrected chi connectivity index (χ3v) is 4.93. The Hall–Kier alpha value is -3.26. The molecule has 1 aliphatic heterocycles. The minimum absolute atomic E-state index is 0.390. The van der Waals surface area contributed by atoms with Gasteiger partial charge in [-0.1, -0.05) is 23.7 Å². The average molecular weight is 418 g/mol. The van der Waals surface area contributed by atoms with Crippen LogP contribution in [0.4, 0.5) is 10.5 Å². The van der Waals surface area contributed by atoms with Gasteiger partial charge in [0.15, 0.2) is 0 Å². The number of nitrogens with zero attached hydrogens (tertiary/aromatic N) is 1. The molecule has 3 rings (SSSR count). The number of halogens is 1. The lowest BCUT2D eigenvalue weighted by Crippen LogP contribution is -2.42. The zero-order valence-corrected chi connectivity index (χ0v) is 16.9. The number of amides is 4. The van der Waals surface area contributed by atoms with Gasteiger partial charge in [0.1, 0.15) is 23.6 Å². The minimum Gasteiger partial charge on any atom is -0.497 e. The van der Waals surface area contributed by atoms with Crippen LogP contribution in [-0.4, -0.2) is 43.5 Å². The van der Waals surface area contributed by atoms with E-state index in [0.717, 1.165) is 4.90 Å². The molecule has 2 aromatic carbocycles. The number of anilines is 1. The van der Waals surface area contributed by atoms with Crippen molar-refractivity contribution in [3.63, 3.8) is 0 Å². The van der Waals surface area contributed by atoms with E-state index in [9.17, 15) is 14.4 Å². The van der Waals surface area contributed by atoms with Gasteiger partial charge < -0.3 is 20.1 Å². The first kappa shape index (κ1) is 20.5. The molecule has 0 bridgehead atoms. The van der Waals surface area contributed by atoms with Gasteiger partial charge in [0.2, 0.25) is 5.91 Å². The van der Waals surface area contributed by atoms with Crippen LogP contribution < -0.4 is 20.1 Å². The number of hydrogen-bond donors (Lipinski definition) is 2. The lowest BCUT2D eigenvalue weighted by atomic mass is 9.92. The average Bonchev–Trinajstić information content (AvgIpc) is 2.92. The fourth-order valence-electron chi connectivity index (χ4n) is 3.05. The maximum absolute atomic E-state index is 12.9. The van der Waals surface area contributed by atoms with Gasteiger partial charge in [0.05, 0.1) is 19.9 Å². The van der Waals surface area contributed by atoms with Gasteiger partial charge in [-0.2, -0.15) is 0 Å². The number of rotatable bonds is 6. The van der Waals surface area contributed by atoms with E-state index in [1.165, 1.54) is 14.2 Å². The summed E-state index contributed by atoms with van der Waals surface area (Å²) < 4.78 is 10.4. The molecule has 1 aliphatic rings. The van der Waals surface area contributed by atoms with Crippen molar-refractivity contribution in [3.05, 3.63) is 53.1 Å². The second kappa shape index (κ2) is 8.00. The Bertz CT molecular complexity index is 963. The van der Waals surface area contributed by atoms with Gasteiger partial charge in [-0.25, -0.2) is 4.79 Å². The highest BCUT2D eigenvalue weighted by molar-refractivity contribution is 6.30. The lowest BCUT2D eigenvalue weighted by molar-refractivity contribution is -0.133. The quantitative estimate of drug-likeness (QED) is 0.704. The fraction of sp³-hybridized carbons (Fsp3) is 0.250. The highest BCUT2D eigenvalue weighted by atomic mass is 35.5. The Labute approximate surface area is 172 Å². The molecule has 2 aromatic rings. The van der Waals surface area contributed by atoms with Crippen molar-refractivity contribution in [2.45, 2.75) is 12.5 Å². The van der Waals surface area contributed by atoms with Gasteiger partial charge in [-0.15, -0.1) is 0 Å². The van der Waals surface area contributed by atoms with E-state index in [4.69, 9.17) is 21.1 Å². The van der Waals surface area contributed by atoms with E-state index >= 15 is 0 Å². The van der Waals surface area contributed by atoms with Crippen LogP contribution in [0.2, 0.25) is 5.02 Å². The van der Waals surface area contributed by atoms with Gasteiger partial charge >= 0.3 is 6.03 Å². The summed E-state index contributed by atoms with van der Waals surface area (Å²) in [5, 5.41) is 5.80. The molecule has 1 heterocycles. The first-order chi connectivity index (χ1) is 13.8. The van der Waals surface area contributed by atoms with Crippen molar-refractivity contribution in [2.75, 3.05) is 26.1 Å². The first-order valence-corrected chi connectivity index (χ1v) is 9.08. The third kappa shape index (κ3) is 3.97. The molecular weight excluding hydrogens is 398 g/mol. The number of imide groups is 1. The van der Waals surface area contributed by atoms with Gasteiger partial charge in [-0.05, 0) is 36.8 Å². The molecule has 0 aliphatic carbocycles. The van der Waals surface area contributed by atoms with E-state index in [1.54, 1.807) is 49.4 Å². The molecule has 0 spiro atoms. The van der Waals surface area contributed by atoms with Crippen molar-refractivity contribution in [1.29, 1.82) is 0 Å². The topological polar surface area (TPSA) is 97.0 Å². The van der Waals surface area contributed by atoms with Crippen LogP contribution in [-0.2, 0) is 15.1 Å². The Morgan fingerprint density at radius 2 is 1.83 bits per heavy atom. The highest BCUT2D eigenvalue weighted by Gasteiger charge is 2.49. The van der Waals surface area contributed by atoms with Crippen LogP contribution in [0.25, 0.3) is 0 Å². The number of benzene rings is 2. The van der Waals surface area contributed by atoms with Crippen molar-refractivity contribution < 1.29 is 23.9 Å². The number of urea groups is 1. The zero-order valence-electron chi connectivity index (χ0n) is 16.1. The van der Waals surface area contributed by atoms with Crippen molar-refractivity contribution in [3.8, 4) is 11.5 Å². The summed E-state index contributed by atoms with van der Waals surface area (Å²) in [5.74, 6) is -0.118. The van der Waals surface area contributed by atoms with E-state index in [1.807, 2.05) is 0 Å². The molecule has 0 aromatic heterocycles. The summed E-state index contributed by atoms with van der Waals surface area (Å²) in [6.07, 6.45) is 0. The standard InChI is InChI=1S/C20H20ClN3O5/c1-20(12-4-6-13(21)7-5-12)18(26)24(19(27)23-20)11-17(25)22-15-9-8-14(28-2)10-16(15)29-3/h4-10H,11H2,1-3H3,(H,22,25)(H,23,27). The highest BCUT2D eigenvalue weighted by Crippen LogP contribution is 2.31. The van der Waals surface area contributed by atoms with Crippen LogP contribution in [0.5, 0.6) is 11.5 Å². The molecule has 0 radical (unpaired) electrons. The fourth-order valence-corrected chi connectivity index (χ4v) is 3.18. The molecule has 29 heavy (non-hydrogen) atoms. The SMILES string of the molecule is COc1ccc(NC(=O)CN2C(=O)NC(C)(c3ccc(Cl)cc3)C2=O)c(OC)c1. The summed E-state index contributed by atoms with van der Waals surface area (Å²) in [6.45, 7) is 1.14. The normalized spacial score (nSPS) is 18.4. The van der Waals surface area contributed by atoms with Crippen molar-refractivity contribution in [1.82, 2.24) is 10.2 Å². The van der Waals surface area contributed by atoms with E-state index in [2.05, 4.69) is 10.6 Å². The van der Waals surface area contributed by atoms with Gasteiger partial charge in [-0.3, -0.25) is 14.5 Å². The second-order valence-corrected chi connectivity index (χ2v) is 7.00. The van der Waals surface area contributed by atoms with Crippen LogP contribution in [0, 0.1) is 0 Å². The molecule has 1 unspecified atom stereocenters. The monoisotopic (exact) mass is 417 g/mol. The van der Waals surface area contributed by atoms with E-state index in [-0.39, 0.29) is 0 Å². The van der Waals surface area contributed by atoms with Crippen LogP contribution >= 0.6 is 11.6 Å².